The average Bonchev–Trinajstić information content (AvgIpc) is 0.766. The molecule has 4 aromatic carbocycles. The number of aliphatic hydroxyl groups excluding tert-OH is 9. The number of nitrogens with two attached hydrogens (primary N) is 1. The van der Waals surface area contributed by atoms with Crippen LogP contribution < -0.4 is 67.8 Å². The van der Waals surface area contributed by atoms with Gasteiger partial charge in [-0.3, -0.25) is 38.4 Å². The Balaban J connectivity index is 1.04. The van der Waals surface area contributed by atoms with E-state index in [9.17, 15) is 60.3 Å². The average molecular weight is 1800 g/mol. The van der Waals surface area contributed by atoms with E-state index in [1.807, 2.05) is 78.3 Å². The highest BCUT2D eigenvalue weighted by Gasteiger charge is 2.54. The van der Waals surface area contributed by atoms with Crippen molar-refractivity contribution in [1.82, 2.24) is 47.9 Å². The van der Waals surface area contributed by atoms with E-state index in [2.05, 4.69) is 47.9 Å². The van der Waals surface area contributed by atoms with Crippen molar-refractivity contribution >= 4 is 82.1 Å². The molecule has 37 heteroatoms. The van der Waals surface area contributed by atoms with Crippen molar-refractivity contribution in [2.75, 3.05) is 54.5 Å². The van der Waals surface area contributed by atoms with Crippen molar-refractivity contribution < 1.29 is 117 Å². The van der Waals surface area contributed by atoms with Crippen LogP contribution in [0.4, 0.5) is 0 Å². The largest absolute Gasteiger partial charge is 0.512 e. The molecule has 11 bridgehead atoms. The van der Waals surface area contributed by atoms with Gasteiger partial charge in [0.15, 0.2) is 23.9 Å². The fourth-order valence-corrected chi connectivity index (χ4v) is 17.6. The van der Waals surface area contributed by atoms with E-state index in [4.69, 9.17) is 69.0 Å². The second-order valence-corrected chi connectivity index (χ2v) is 36.0. The van der Waals surface area contributed by atoms with Gasteiger partial charge in [0.1, 0.15) is 84.0 Å². The van der Waals surface area contributed by atoms with Gasteiger partial charge in [-0.25, -0.2) is 0 Å². The second-order valence-electron chi connectivity index (χ2n) is 34.7. The molecule has 0 radical (unpaired) electrons. The number of likely N-dealkylation sites (N-methyl/N-ethyl adjacent to an activating group) is 1. The normalized spacial score (nSPS) is 30.6. The summed E-state index contributed by atoms with van der Waals surface area (Å²) in [7, 11) is 7.32. The molecule has 20 N–H and O–H groups in total. The van der Waals surface area contributed by atoms with Crippen molar-refractivity contribution in [3.63, 3.8) is 0 Å². The Morgan fingerprint density at radius 3 is 2.10 bits per heavy atom. The maximum absolute atomic E-state index is 16.5. The quantitative estimate of drug-likeness (QED) is 0.0287. The molecule has 0 saturated carbocycles. The highest BCUT2D eigenvalue weighted by atomic mass is 35.5. The third-order valence-corrected chi connectivity index (χ3v) is 25.0. The number of rotatable bonds is 23. The molecule has 10 aliphatic rings. The summed E-state index contributed by atoms with van der Waals surface area (Å²) in [5.41, 5.74) is 5.30. The van der Waals surface area contributed by atoms with E-state index >= 15 is 24.0 Å². The van der Waals surface area contributed by atoms with E-state index < -0.39 is 240 Å². The molecular weight excluding hydrogens is 1690 g/mol. The van der Waals surface area contributed by atoms with Gasteiger partial charge in [0.2, 0.25) is 59.3 Å². The number of quaternary nitrogens is 1. The summed E-state index contributed by atoms with van der Waals surface area (Å²) in [6.45, 7) is 8.22. The first-order chi connectivity index (χ1) is 59.2. The van der Waals surface area contributed by atoms with Gasteiger partial charge in [0.05, 0.1) is 81.2 Å². The Labute approximate surface area is 737 Å². The predicted octanol–water partition coefficient (Wildman–Crippen LogP) is 3.56. The van der Waals surface area contributed by atoms with Crippen molar-refractivity contribution in [2.24, 2.45) is 23.5 Å². The number of halogens is 3. The Morgan fingerprint density at radius 1 is 0.768 bits per heavy atom. The number of fused-ring (bicyclic) bond motifs is 15. The summed E-state index contributed by atoms with van der Waals surface area (Å²) >= 11 is 21.0. The molecule has 10 unspecified atom stereocenters. The van der Waals surface area contributed by atoms with Gasteiger partial charge in [-0.2, -0.15) is 0 Å². The Hall–Kier alpha value is -9.57. The van der Waals surface area contributed by atoms with Crippen molar-refractivity contribution in [1.29, 1.82) is 0 Å². The maximum atomic E-state index is 16.5. The van der Waals surface area contributed by atoms with E-state index in [1.165, 1.54) is 56.5 Å². The van der Waals surface area contributed by atoms with Crippen LogP contribution in [0.5, 0.6) is 23.0 Å². The first-order valence-electron chi connectivity index (χ1n) is 41.6. The molecule has 4 aromatic rings. The summed E-state index contributed by atoms with van der Waals surface area (Å²) in [6.07, 6.45) is -11.2. The van der Waals surface area contributed by atoms with Crippen LogP contribution in [0.25, 0.3) is 11.1 Å². The van der Waals surface area contributed by atoms with Crippen LogP contribution in [0.1, 0.15) is 115 Å². The van der Waals surface area contributed by atoms with E-state index in [1.54, 1.807) is 19.1 Å². The number of hydrogen-bond acceptors (Lipinski definition) is 25. The number of carbonyl (C=O) groups excluding carboxylic acids is 8. The van der Waals surface area contributed by atoms with Crippen molar-refractivity contribution in [3.8, 4) is 34.1 Å². The summed E-state index contributed by atoms with van der Waals surface area (Å²) in [6, 6.07) is 7.63. The molecule has 3 aliphatic carbocycles. The Kier molecular flexibility index (Phi) is 30.1. The van der Waals surface area contributed by atoms with Gasteiger partial charge in [-0.15, -0.1) is 11.6 Å². The van der Waals surface area contributed by atoms with Gasteiger partial charge >= 0.3 is 0 Å². The van der Waals surface area contributed by atoms with Gasteiger partial charge in [-0.05, 0) is 145 Å². The molecule has 8 amide bonds. The minimum absolute atomic E-state index is 0.0116. The van der Waals surface area contributed by atoms with Gasteiger partial charge < -0.3 is 132 Å². The maximum Gasteiger partial charge on any atom is 0.248 e. The van der Waals surface area contributed by atoms with E-state index in [0.29, 0.717) is 35.4 Å². The molecule has 125 heavy (non-hydrogen) atoms. The number of benzene rings is 4. The summed E-state index contributed by atoms with van der Waals surface area (Å²) in [5, 5.41) is 132. The van der Waals surface area contributed by atoms with Crippen LogP contribution in [0.15, 0.2) is 149 Å². The lowest BCUT2D eigenvalue weighted by molar-refractivity contribution is -0.870. The molecule has 0 spiro atoms. The fraction of sp³-hybridized carbons (Fsp3) is 0.500. The van der Waals surface area contributed by atoms with Crippen LogP contribution in [-0.2, 0) is 59.1 Å². The molecule has 3 saturated heterocycles. The third kappa shape index (κ3) is 21.8. The van der Waals surface area contributed by atoms with Crippen LogP contribution in [0.3, 0.4) is 0 Å². The summed E-state index contributed by atoms with van der Waals surface area (Å²) < 4.78 is 41.2. The number of nitrogens with one attached hydrogen (secondary N) is 9. The number of carbonyl (C=O) groups is 8. The third-order valence-electron chi connectivity index (χ3n) is 23.8. The van der Waals surface area contributed by atoms with Crippen molar-refractivity contribution in [2.45, 2.75) is 207 Å². The smallest absolute Gasteiger partial charge is 0.248 e. The molecule has 34 nitrogen and oxygen atoms in total. The highest BCUT2D eigenvalue weighted by molar-refractivity contribution is 6.32. The number of primary amides is 1. The minimum Gasteiger partial charge on any atom is -0.512 e. The lowest BCUT2D eigenvalue weighted by atomic mass is 9.75. The highest BCUT2D eigenvalue weighted by Crippen LogP contribution is 2.50. The number of ether oxygens (including phenoxy) is 6. The molecule has 7 heterocycles. The molecule has 3 fully saturated rings. The predicted molar refractivity (Wildman–Crippen MR) is 457 cm³/mol. The zero-order valence-corrected chi connectivity index (χ0v) is 72.8. The van der Waals surface area contributed by atoms with Crippen LogP contribution in [0.2, 0.25) is 10.0 Å². The van der Waals surface area contributed by atoms with Crippen LogP contribution in [0, 0.1) is 17.8 Å². The topological polar surface area (TPSA) is 508 Å². The molecule has 21 atom stereocenters. The molecule has 0 aromatic heterocycles. The van der Waals surface area contributed by atoms with E-state index in [-0.39, 0.29) is 76.1 Å². The van der Waals surface area contributed by atoms with Gasteiger partial charge in [0, 0.05) is 60.3 Å². The standard InChI is InChI=1S/C88H110Cl3N11O23/c1-10-88(95-37-43-12-14-44(15-13-43)45-16-20-49(89)21-17-45)36-65(125-87(5,39-88)40-104)123-78-76(112)75(111)63(38-103)122-86(78)124-77-61-31-48-32-62(77)121-60-25-22-51(42(4)67(60)91)74(110)72-85(119)99-70(81(115)94-26-11-27-102(7,8)9)53-33-50(105)34-58(107)66(53)52-29-46(18-23-57(52)106)68(82(116)101-72)98-83(117)69(48)97-80(114)56(35-64(92)108)96-84(118)71(100-79(113)55(93-6)28-41(2)3)73(109)47-19-24-59(120-61)54(90)30-47/h12-25,30-33,41-42,50,52,55-56,63,65,67-76,78,86,93,95,103-105,109-112H,10-11,26-29,34-40H2,1-9H3,(H10-,92,94,96,97,98,99,100,101,106,107,108,113,114,115,116,117,118,119)/p+1/t42?,50?,52?,55-,56+,63?,65-,67?,68?,69-,70+,71-,72+,73-,74-,75?,76+,78?,86-,87?,88?/m1/s1. The second kappa shape index (κ2) is 39.8. The van der Waals surface area contributed by atoms with Crippen molar-refractivity contribution in [3.05, 3.63) is 176 Å². The number of alkyl halides is 1. The Morgan fingerprint density at radius 2 is 1.45 bits per heavy atom. The molecule has 14 rings (SSSR count). The zero-order valence-electron chi connectivity index (χ0n) is 70.5. The SMILES string of the molecule is CCC1(NCc2ccc(-c3ccc(Cl)cc3)cc2)C[C@H](OC2[C@@H](Oc3c4cc5cc3Oc3ccc(cc3Cl)[C@@H](O)[C@@H](NC(=O)[C@@H](CC(C)C)NC)C(=O)N[C@@H](CC(N)=O)C(=O)N[C@H]5C(=O)NC3C(=O)N[C@H](C(=O)N[C@H](C(=O)NCCC[N+](C)(C)C)C5=CC(O)CC(O)=C5C5CC3=CC=C5O)[C@H](O)C3=CC=C(O4)C(Cl)C3C)OC(CO)C(O)[C@@H]2O)OC(C)(CO)C1. The zero-order chi connectivity index (χ0) is 90.6. The van der Waals surface area contributed by atoms with Gasteiger partial charge in [0.25, 0.3) is 0 Å². The number of nitrogens with zero attached hydrogens (tertiary/aromatic N) is 1. The number of hydrogen-bond donors (Lipinski definition) is 19. The minimum atomic E-state index is -2.31. The first kappa shape index (κ1) is 94.6. The monoisotopic (exact) mass is 1790 g/mol. The molecule has 676 valence electrons. The number of allylic oxidation sites excluding steroid dienone is 6. The fourth-order valence-electron chi connectivity index (χ4n) is 17.0. The molecular formula is C88H111Cl3N11O23+. The lowest BCUT2D eigenvalue weighted by Crippen LogP contribution is -2.64. The lowest BCUT2D eigenvalue weighted by Gasteiger charge is -2.51. The van der Waals surface area contributed by atoms with Gasteiger partial charge in [-0.1, -0.05) is 106 Å². The van der Waals surface area contributed by atoms with Crippen LogP contribution in [-0.4, -0.2) is 254 Å². The number of amides is 8. The molecule has 7 aliphatic heterocycles. The number of aliphatic hydroxyl groups is 9. The Bertz CT molecular complexity index is 4930. The first-order valence-corrected chi connectivity index (χ1v) is 42.8. The summed E-state index contributed by atoms with van der Waals surface area (Å²) in [4.78, 5) is 122. The van der Waals surface area contributed by atoms with E-state index in [0.717, 1.165) is 34.9 Å². The summed E-state index contributed by atoms with van der Waals surface area (Å²) in [5.74, 6) is -15.4. The van der Waals surface area contributed by atoms with Crippen LogP contribution >= 0.6 is 34.8 Å².